The van der Waals surface area contributed by atoms with Gasteiger partial charge in [0.05, 0.1) is 6.61 Å². The Hall–Kier alpha value is -0.150. The Bertz CT molecular complexity index is 365. The molecule has 0 saturated carbocycles. The van der Waals surface area contributed by atoms with Crippen molar-refractivity contribution >= 4 is 22.1 Å². The van der Waals surface area contributed by atoms with Gasteiger partial charge in [-0.2, -0.15) is 8.42 Å². The summed E-state index contributed by atoms with van der Waals surface area (Å²) >= 11 is 0. The van der Waals surface area contributed by atoms with Gasteiger partial charge < -0.3 is 14.6 Å². The van der Waals surface area contributed by atoms with Crippen LogP contribution in [-0.2, 0) is 24.4 Å². The third kappa shape index (κ3) is 8.87. The summed E-state index contributed by atoms with van der Waals surface area (Å²) < 4.78 is 34.8. The number of carbonyl (C=O) groups is 2. The van der Waals surface area contributed by atoms with Gasteiger partial charge in [-0.1, -0.05) is 19.8 Å². The summed E-state index contributed by atoms with van der Waals surface area (Å²) in [7, 11) is -4.80. The van der Waals surface area contributed by atoms with Crippen LogP contribution in [0.3, 0.4) is 0 Å². The number of carboxylic acid groups (broad SMARTS) is 1. The molecule has 0 fully saturated rings. The van der Waals surface area contributed by atoms with Crippen LogP contribution in [0.5, 0.6) is 0 Å². The molecule has 0 aliphatic carbocycles. The van der Waals surface area contributed by atoms with E-state index in [2.05, 4.69) is 4.74 Å². The van der Waals surface area contributed by atoms with Crippen LogP contribution < -0.4 is 34.7 Å². The van der Waals surface area contributed by atoms with Crippen molar-refractivity contribution in [2.45, 2.75) is 37.9 Å². The average molecular weight is 290 g/mol. The normalized spacial score (nSPS) is 12.3. The zero-order valence-electron chi connectivity index (χ0n) is 10.4. The second-order valence-electron chi connectivity index (χ2n) is 3.45. The van der Waals surface area contributed by atoms with Crippen molar-refractivity contribution in [1.29, 1.82) is 0 Å². The smallest absolute Gasteiger partial charge is 0.550 e. The number of rotatable bonds is 8. The fourth-order valence-corrected chi connectivity index (χ4v) is 1.74. The zero-order valence-corrected chi connectivity index (χ0v) is 13.2. The molecule has 0 amide bonds. The van der Waals surface area contributed by atoms with Gasteiger partial charge in [0.2, 0.25) is 0 Å². The van der Waals surface area contributed by atoms with Gasteiger partial charge in [0.15, 0.2) is 5.25 Å². The Morgan fingerprint density at radius 1 is 1.33 bits per heavy atom. The molecule has 0 saturated heterocycles. The molecule has 0 aromatic carbocycles. The number of esters is 1. The van der Waals surface area contributed by atoms with Crippen molar-refractivity contribution in [2.75, 3.05) is 6.61 Å². The van der Waals surface area contributed by atoms with Crippen molar-refractivity contribution in [3.05, 3.63) is 0 Å². The molecule has 100 valence electrons. The molecule has 1 N–H and O–H groups in total. The molecular weight excluding hydrogens is 275 g/mol. The van der Waals surface area contributed by atoms with Crippen molar-refractivity contribution in [3.8, 4) is 0 Å². The van der Waals surface area contributed by atoms with Crippen molar-refractivity contribution in [1.82, 2.24) is 0 Å². The van der Waals surface area contributed by atoms with Crippen LogP contribution in [0.2, 0.25) is 0 Å². The van der Waals surface area contributed by atoms with Gasteiger partial charge in [-0.25, -0.2) is 0 Å². The Balaban J connectivity index is 0. The van der Waals surface area contributed by atoms with Crippen molar-refractivity contribution in [3.63, 3.8) is 0 Å². The summed E-state index contributed by atoms with van der Waals surface area (Å²) in [5, 5.41) is 8.13. The van der Waals surface area contributed by atoms with Crippen LogP contribution >= 0.6 is 0 Å². The number of unbranched alkanes of at least 4 members (excludes halogenated alkanes) is 2. The summed E-state index contributed by atoms with van der Waals surface area (Å²) in [6, 6.07) is 0. The SMILES string of the molecule is CCCCCOC(=O)C(CC(=O)[O-])S(=O)(=O)O.[Na+]. The van der Waals surface area contributed by atoms with E-state index < -0.39 is 33.7 Å². The molecule has 0 spiro atoms. The first-order valence-corrected chi connectivity index (χ1v) is 6.62. The van der Waals surface area contributed by atoms with E-state index in [1.807, 2.05) is 6.92 Å². The summed E-state index contributed by atoms with van der Waals surface area (Å²) in [6.07, 6.45) is 1.11. The molecule has 0 heterocycles. The van der Waals surface area contributed by atoms with Gasteiger partial charge in [0.1, 0.15) is 0 Å². The first-order chi connectivity index (χ1) is 7.79. The van der Waals surface area contributed by atoms with Gasteiger partial charge in [-0.15, -0.1) is 0 Å². The van der Waals surface area contributed by atoms with E-state index in [9.17, 15) is 23.1 Å². The number of carbonyl (C=O) groups excluding carboxylic acids is 2. The predicted octanol–water partition coefficient (Wildman–Crippen LogP) is -3.88. The van der Waals surface area contributed by atoms with E-state index in [1.165, 1.54) is 0 Å². The zero-order chi connectivity index (χ0) is 13.5. The largest absolute Gasteiger partial charge is 1.00 e. The number of ether oxygens (including phenoxy) is 1. The Kier molecular flexibility index (Phi) is 10.9. The first kappa shape index (κ1) is 20.2. The van der Waals surface area contributed by atoms with Crippen LogP contribution in [0.15, 0.2) is 0 Å². The third-order valence-corrected chi connectivity index (χ3v) is 3.04. The molecule has 1 atom stereocenters. The number of aliphatic carboxylic acids is 1. The molecule has 0 aromatic rings. The fraction of sp³-hybridized carbons (Fsp3) is 0.778. The third-order valence-electron chi connectivity index (χ3n) is 1.97. The minimum Gasteiger partial charge on any atom is -0.550 e. The van der Waals surface area contributed by atoms with Crippen molar-refractivity contribution in [2.24, 2.45) is 0 Å². The number of hydrogen-bond donors (Lipinski definition) is 1. The standard InChI is InChI=1S/C9H16O7S.Na/c1-2-3-4-5-16-9(12)7(6-8(10)11)17(13,14)15;/h7H,2-6H2,1H3,(H,10,11)(H,13,14,15);/q;+1/p-1. The average Bonchev–Trinajstić information content (AvgIpc) is 2.19. The van der Waals surface area contributed by atoms with E-state index in [0.717, 1.165) is 12.8 Å². The maximum atomic E-state index is 11.2. The minimum absolute atomic E-state index is 0. The Morgan fingerprint density at radius 3 is 2.28 bits per heavy atom. The monoisotopic (exact) mass is 290 g/mol. The van der Waals surface area contributed by atoms with Crippen LogP contribution in [0.25, 0.3) is 0 Å². The van der Waals surface area contributed by atoms with E-state index in [4.69, 9.17) is 4.55 Å². The topological polar surface area (TPSA) is 121 Å². The molecule has 0 radical (unpaired) electrons. The molecule has 0 rings (SSSR count). The summed E-state index contributed by atoms with van der Waals surface area (Å²) in [4.78, 5) is 21.5. The van der Waals surface area contributed by atoms with Gasteiger partial charge >= 0.3 is 35.5 Å². The predicted molar refractivity (Wildman–Crippen MR) is 55.4 cm³/mol. The molecule has 0 aromatic heterocycles. The van der Waals surface area contributed by atoms with Crippen molar-refractivity contribution < 1.29 is 62.0 Å². The van der Waals surface area contributed by atoms with Gasteiger partial charge in [-0.3, -0.25) is 9.35 Å². The summed E-state index contributed by atoms with van der Waals surface area (Å²) in [5.74, 6) is -3.02. The van der Waals surface area contributed by atoms with Gasteiger partial charge in [0, 0.05) is 12.4 Å². The Morgan fingerprint density at radius 2 is 1.89 bits per heavy atom. The molecule has 0 aliphatic rings. The molecular formula is C9H15NaO7S. The van der Waals surface area contributed by atoms with Crippen LogP contribution in [0.4, 0.5) is 0 Å². The molecule has 7 nitrogen and oxygen atoms in total. The Labute approximate surface area is 128 Å². The quantitative estimate of drug-likeness (QED) is 0.210. The summed E-state index contributed by atoms with van der Waals surface area (Å²) in [5.41, 5.74) is 0. The molecule has 1 unspecified atom stereocenters. The van der Waals surface area contributed by atoms with Crippen LogP contribution in [-0.4, -0.2) is 36.8 Å². The second-order valence-corrected chi connectivity index (χ2v) is 5.05. The van der Waals surface area contributed by atoms with Gasteiger partial charge in [-0.05, 0) is 6.42 Å². The second kappa shape index (κ2) is 9.74. The number of carboxylic acids is 1. The maximum Gasteiger partial charge on any atom is 1.00 e. The van der Waals surface area contributed by atoms with E-state index in [-0.39, 0.29) is 36.2 Å². The fourth-order valence-electron chi connectivity index (χ4n) is 1.08. The number of hydrogen-bond acceptors (Lipinski definition) is 6. The summed E-state index contributed by atoms with van der Waals surface area (Å²) in [6.45, 7) is 1.92. The van der Waals surface area contributed by atoms with Crippen LogP contribution in [0.1, 0.15) is 32.6 Å². The van der Waals surface area contributed by atoms with E-state index in [0.29, 0.717) is 6.42 Å². The van der Waals surface area contributed by atoms with E-state index in [1.54, 1.807) is 0 Å². The molecule has 18 heavy (non-hydrogen) atoms. The minimum atomic E-state index is -4.80. The van der Waals surface area contributed by atoms with E-state index >= 15 is 0 Å². The molecule has 9 heteroatoms. The first-order valence-electron chi connectivity index (χ1n) is 5.11. The molecule has 0 aliphatic heterocycles. The van der Waals surface area contributed by atoms with Gasteiger partial charge in [0.25, 0.3) is 10.1 Å². The maximum absolute atomic E-state index is 11.2. The molecule has 0 bridgehead atoms. The van der Waals surface area contributed by atoms with Crippen LogP contribution in [0, 0.1) is 0 Å².